The van der Waals surface area contributed by atoms with Gasteiger partial charge in [-0.15, -0.1) is 10.2 Å². The maximum absolute atomic E-state index is 13.6. The van der Waals surface area contributed by atoms with E-state index >= 15 is 0 Å². The Morgan fingerprint density at radius 1 is 1.00 bits per heavy atom. The monoisotopic (exact) mass is 530 g/mol. The summed E-state index contributed by atoms with van der Waals surface area (Å²) in [7, 11) is -0.911. The summed E-state index contributed by atoms with van der Waals surface area (Å²) in [6, 6.07) is 3.51. The van der Waals surface area contributed by atoms with Crippen LogP contribution in [0.4, 0.5) is 0 Å². The molecule has 36 heavy (non-hydrogen) atoms. The Morgan fingerprint density at radius 3 is 2.25 bits per heavy atom. The maximum atomic E-state index is 13.6. The molecular weight excluding hydrogens is 508 g/mol. The van der Waals surface area contributed by atoms with Gasteiger partial charge in [-0.05, 0) is 19.1 Å². The van der Waals surface area contributed by atoms with Crippen molar-refractivity contribution in [1.29, 1.82) is 0 Å². The van der Waals surface area contributed by atoms with Gasteiger partial charge < -0.3 is 9.47 Å². The molecule has 14 heteroatoms. The van der Waals surface area contributed by atoms with Crippen molar-refractivity contribution in [3.8, 4) is 28.8 Å². The first-order valence-electron chi connectivity index (χ1n) is 10.7. The Hall–Kier alpha value is -3.71. The number of methoxy groups -OCH3 is 2. The molecule has 0 aliphatic rings. The molecule has 4 rings (SSSR count). The third kappa shape index (κ3) is 4.97. The predicted molar refractivity (Wildman–Crippen MR) is 131 cm³/mol. The van der Waals surface area contributed by atoms with E-state index in [-0.39, 0.29) is 23.3 Å². The molecule has 0 aromatic carbocycles. The van der Waals surface area contributed by atoms with Crippen molar-refractivity contribution in [2.45, 2.75) is 30.8 Å². The first-order chi connectivity index (χ1) is 17.3. The van der Waals surface area contributed by atoms with Gasteiger partial charge in [0, 0.05) is 36.3 Å². The Kier molecular flexibility index (Phi) is 7.40. The SMILES string of the molecule is COc1ncnc(OC)c1-n1c(CS(=O)(=O)[C@@H](C)[C@H](C)c2ncc(Cl)cn2)nnc1-c1cccnc1. The van der Waals surface area contributed by atoms with E-state index in [0.29, 0.717) is 22.2 Å². The number of sulfone groups is 1. The summed E-state index contributed by atoms with van der Waals surface area (Å²) in [4.78, 5) is 20.8. The lowest BCUT2D eigenvalue weighted by molar-refractivity contribution is 0.368. The molecule has 0 aliphatic heterocycles. The van der Waals surface area contributed by atoms with Crippen LogP contribution in [0.25, 0.3) is 17.1 Å². The fourth-order valence-corrected chi connectivity index (χ4v) is 5.21. The van der Waals surface area contributed by atoms with Gasteiger partial charge in [0.25, 0.3) is 0 Å². The molecule has 0 aliphatic carbocycles. The first kappa shape index (κ1) is 25.4. The zero-order valence-electron chi connectivity index (χ0n) is 19.9. The quantitative estimate of drug-likeness (QED) is 0.314. The van der Waals surface area contributed by atoms with E-state index in [0.717, 1.165) is 0 Å². The van der Waals surface area contributed by atoms with Gasteiger partial charge in [0.15, 0.2) is 27.2 Å². The summed E-state index contributed by atoms with van der Waals surface area (Å²) < 4.78 is 39.5. The van der Waals surface area contributed by atoms with Crippen LogP contribution in [0.1, 0.15) is 31.4 Å². The minimum absolute atomic E-state index is 0.122. The van der Waals surface area contributed by atoms with Crippen LogP contribution in [-0.4, -0.2) is 67.6 Å². The molecule has 0 radical (unpaired) electrons. The Labute approximate surface area is 212 Å². The fourth-order valence-electron chi connectivity index (χ4n) is 3.55. The molecule has 188 valence electrons. The molecule has 0 bridgehead atoms. The van der Waals surface area contributed by atoms with Crippen molar-refractivity contribution >= 4 is 21.4 Å². The van der Waals surface area contributed by atoms with Crippen molar-refractivity contribution in [3.63, 3.8) is 0 Å². The summed E-state index contributed by atoms with van der Waals surface area (Å²) in [5, 5.41) is 8.01. The highest BCUT2D eigenvalue weighted by atomic mass is 35.5. The number of pyridine rings is 1. The normalized spacial score (nSPS) is 13.2. The lowest BCUT2D eigenvalue weighted by Gasteiger charge is -2.20. The number of ether oxygens (including phenoxy) is 2. The lowest BCUT2D eigenvalue weighted by atomic mass is 10.1. The molecule has 0 amide bonds. The molecule has 2 atom stereocenters. The Bertz CT molecular complexity index is 1430. The van der Waals surface area contributed by atoms with Crippen LogP contribution < -0.4 is 9.47 Å². The topological polar surface area (TPSA) is 148 Å². The van der Waals surface area contributed by atoms with Crippen molar-refractivity contribution in [2.75, 3.05) is 14.2 Å². The minimum Gasteiger partial charge on any atom is -0.479 e. The van der Waals surface area contributed by atoms with Crippen LogP contribution in [0.15, 0.2) is 43.2 Å². The molecule has 4 aromatic heterocycles. The molecule has 12 nitrogen and oxygen atoms in total. The molecule has 0 N–H and O–H groups in total. The highest BCUT2D eigenvalue weighted by Crippen LogP contribution is 2.34. The summed E-state index contributed by atoms with van der Waals surface area (Å²) in [6.45, 7) is 3.35. The van der Waals surface area contributed by atoms with E-state index in [1.54, 1.807) is 38.4 Å². The van der Waals surface area contributed by atoms with Crippen LogP contribution in [0, 0.1) is 0 Å². The molecule has 0 saturated heterocycles. The van der Waals surface area contributed by atoms with Gasteiger partial charge in [-0.3, -0.25) is 9.55 Å². The standard InChI is InChI=1S/C22H23ClN8O4S/c1-13(19-25-9-16(23)10-26-19)14(2)36(32,33)11-17-29-30-20(15-6-5-7-24-8-15)31(17)18-21(34-3)27-12-28-22(18)35-4/h5-10,12-14H,11H2,1-4H3/t13-,14-/m0/s1. The van der Waals surface area contributed by atoms with E-state index in [9.17, 15) is 8.42 Å². The number of halogens is 1. The van der Waals surface area contributed by atoms with E-state index < -0.39 is 26.8 Å². The van der Waals surface area contributed by atoms with Crippen LogP contribution in [-0.2, 0) is 15.6 Å². The number of aromatic nitrogens is 8. The second kappa shape index (κ2) is 10.5. The average molecular weight is 531 g/mol. The van der Waals surface area contributed by atoms with Crippen molar-refractivity contribution in [3.05, 3.63) is 59.9 Å². The highest BCUT2D eigenvalue weighted by molar-refractivity contribution is 7.91. The molecule has 4 aromatic rings. The van der Waals surface area contributed by atoms with E-state index in [1.807, 2.05) is 0 Å². The third-order valence-corrected chi connectivity index (χ3v) is 8.06. The maximum Gasteiger partial charge on any atom is 0.245 e. The molecule has 4 heterocycles. The van der Waals surface area contributed by atoms with Gasteiger partial charge in [-0.1, -0.05) is 18.5 Å². The molecule has 0 fully saturated rings. The van der Waals surface area contributed by atoms with Crippen LogP contribution in [0.2, 0.25) is 5.02 Å². The first-order valence-corrected chi connectivity index (χ1v) is 12.8. The summed E-state index contributed by atoms with van der Waals surface area (Å²) in [5.41, 5.74) is 0.857. The zero-order chi connectivity index (χ0) is 25.9. The molecule has 0 unspecified atom stereocenters. The minimum atomic E-state index is -3.78. The van der Waals surface area contributed by atoms with Crippen LogP contribution >= 0.6 is 11.6 Å². The highest BCUT2D eigenvalue weighted by Gasteiger charge is 2.33. The summed E-state index contributed by atoms with van der Waals surface area (Å²) >= 11 is 5.87. The van der Waals surface area contributed by atoms with Gasteiger partial charge in [0.1, 0.15) is 17.9 Å². The smallest absolute Gasteiger partial charge is 0.245 e. The van der Waals surface area contributed by atoms with Gasteiger partial charge in [0.2, 0.25) is 11.8 Å². The second-order valence-electron chi connectivity index (χ2n) is 7.82. The van der Waals surface area contributed by atoms with Gasteiger partial charge in [-0.25, -0.2) is 18.4 Å². The summed E-state index contributed by atoms with van der Waals surface area (Å²) in [6.07, 6.45) is 7.35. The van der Waals surface area contributed by atoms with Crippen molar-refractivity contribution in [2.24, 2.45) is 0 Å². The van der Waals surface area contributed by atoms with E-state index in [2.05, 4.69) is 35.1 Å². The number of nitrogens with zero attached hydrogens (tertiary/aromatic N) is 8. The van der Waals surface area contributed by atoms with Gasteiger partial charge in [-0.2, -0.15) is 9.97 Å². The van der Waals surface area contributed by atoms with Crippen LogP contribution in [0.5, 0.6) is 11.8 Å². The van der Waals surface area contributed by atoms with Crippen molar-refractivity contribution in [1.82, 2.24) is 39.7 Å². The van der Waals surface area contributed by atoms with Gasteiger partial charge in [0.05, 0.1) is 24.5 Å². The number of hydrogen-bond donors (Lipinski definition) is 0. The second-order valence-corrected chi connectivity index (χ2v) is 10.6. The molecule has 0 saturated carbocycles. The van der Waals surface area contributed by atoms with Gasteiger partial charge >= 0.3 is 0 Å². The van der Waals surface area contributed by atoms with E-state index in [1.165, 1.54) is 37.5 Å². The fraction of sp³-hybridized carbons (Fsp3) is 0.318. The summed E-state index contributed by atoms with van der Waals surface area (Å²) in [5.74, 6) is 0.166. The predicted octanol–water partition coefficient (Wildman–Crippen LogP) is 2.69. The van der Waals surface area contributed by atoms with E-state index in [4.69, 9.17) is 21.1 Å². The van der Waals surface area contributed by atoms with Crippen LogP contribution in [0.3, 0.4) is 0 Å². The zero-order valence-corrected chi connectivity index (χ0v) is 21.5. The Balaban J connectivity index is 1.81. The number of hydrogen-bond acceptors (Lipinski definition) is 11. The molecule has 0 spiro atoms. The van der Waals surface area contributed by atoms with Crippen molar-refractivity contribution < 1.29 is 17.9 Å². The number of rotatable bonds is 9. The largest absolute Gasteiger partial charge is 0.479 e. The molecular formula is C22H23ClN8O4S. The average Bonchev–Trinajstić information content (AvgIpc) is 3.30. The Morgan fingerprint density at radius 2 is 1.67 bits per heavy atom. The third-order valence-electron chi connectivity index (χ3n) is 5.66. The lowest BCUT2D eigenvalue weighted by Crippen LogP contribution is -2.27.